The highest BCUT2D eigenvalue weighted by Crippen LogP contribution is 2.30. The minimum Gasteiger partial charge on any atom is -0.494 e. The molecule has 0 heterocycles. The summed E-state index contributed by atoms with van der Waals surface area (Å²) in [7, 11) is 0. The SMILES string of the molecule is CCCCOc1ccc(NC(=O)CSc2ccc(NC(=O)C3CC3)cc2)cc1. The van der Waals surface area contributed by atoms with Gasteiger partial charge < -0.3 is 15.4 Å². The second-order valence-electron chi connectivity index (χ2n) is 6.85. The normalized spacial score (nSPS) is 13.0. The third-order valence-electron chi connectivity index (χ3n) is 4.34. The topological polar surface area (TPSA) is 67.4 Å². The van der Waals surface area contributed by atoms with Crippen LogP contribution in [0.2, 0.25) is 0 Å². The van der Waals surface area contributed by atoms with Gasteiger partial charge in [-0.1, -0.05) is 13.3 Å². The maximum Gasteiger partial charge on any atom is 0.234 e. The fourth-order valence-corrected chi connectivity index (χ4v) is 3.24. The van der Waals surface area contributed by atoms with Crippen LogP contribution < -0.4 is 15.4 Å². The van der Waals surface area contributed by atoms with Crippen molar-refractivity contribution in [2.75, 3.05) is 23.0 Å². The van der Waals surface area contributed by atoms with Gasteiger partial charge >= 0.3 is 0 Å². The number of carbonyl (C=O) groups is 2. The van der Waals surface area contributed by atoms with Crippen LogP contribution in [0.25, 0.3) is 0 Å². The predicted octanol–water partition coefficient (Wildman–Crippen LogP) is 4.94. The van der Waals surface area contributed by atoms with Crippen LogP contribution in [0, 0.1) is 5.92 Å². The smallest absolute Gasteiger partial charge is 0.234 e. The molecule has 2 aromatic rings. The zero-order valence-electron chi connectivity index (χ0n) is 16.1. The van der Waals surface area contributed by atoms with Gasteiger partial charge in [0.1, 0.15) is 5.75 Å². The van der Waals surface area contributed by atoms with Gasteiger partial charge in [0.15, 0.2) is 0 Å². The Morgan fingerprint density at radius 1 is 1.00 bits per heavy atom. The van der Waals surface area contributed by atoms with E-state index in [1.807, 2.05) is 48.5 Å². The molecule has 0 radical (unpaired) electrons. The van der Waals surface area contributed by atoms with Crippen LogP contribution in [-0.2, 0) is 9.59 Å². The van der Waals surface area contributed by atoms with Crippen molar-refractivity contribution in [3.05, 3.63) is 48.5 Å². The van der Waals surface area contributed by atoms with Crippen molar-refractivity contribution < 1.29 is 14.3 Å². The van der Waals surface area contributed by atoms with E-state index < -0.39 is 0 Å². The molecule has 5 nitrogen and oxygen atoms in total. The van der Waals surface area contributed by atoms with Gasteiger partial charge in [0.2, 0.25) is 11.8 Å². The Kier molecular flexibility index (Phi) is 7.37. The first-order chi connectivity index (χ1) is 13.6. The van der Waals surface area contributed by atoms with Gasteiger partial charge in [-0.3, -0.25) is 9.59 Å². The molecule has 2 amide bonds. The Balaban J connectivity index is 1.40. The Morgan fingerprint density at radius 2 is 1.64 bits per heavy atom. The first-order valence-electron chi connectivity index (χ1n) is 9.70. The number of amides is 2. The fourth-order valence-electron chi connectivity index (χ4n) is 2.54. The summed E-state index contributed by atoms with van der Waals surface area (Å²) in [4.78, 5) is 24.9. The van der Waals surface area contributed by atoms with Crippen LogP contribution in [0.15, 0.2) is 53.4 Å². The third kappa shape index (κ3) is 6.60. The molecule has 1 aliphatic carbocycles. The second-order valence-corrected chi connectivity index (χ2v) is 7.90. The van der Waals surface area contributed by atoms with Crippen molar-refractivity contribution in [1.82, 2.24) is 0 Å². The number of hydrogen-bond acceptors (Lipinski definition) is 4. The molecule has 0 saturated heterocycles. The molecule has 1 aliphatic rings. The lowest BCUT2D eigenvalue weighted by Gasteiger charge is -2.08. The number of unbranched alkanes of at least 4 members (excludes halogenated alkanes) is 1. The fraction of sp³-hybridized carbons (Fsp3) is 0.364. The van der Waals surface area contributed by atoms with E-state index in [9.17, 15) is 9.59 Å². The van der Waals surface area contributed by atoms with E-state index in [2.05, 4.69) is 17.6 Å². The first-order valence-corrected chi connectivity index (χ1v) is 10.7. The quantitative estimate of drug-likeness (QED) is 0.439. The van der Waals surface area contributed by atoms with Gasteiger partial charge in [-0.2, -0.15) is 0 Å². The summed E-state index contributed by atoms with van der Waals surface area (Å²) in [5, 5.41) is 5.80. The zero-order chi connectivity index (χ0) is 19.8. The highest BCUT2D eigenvalue weighted by Gasteiger charge is 2.29. The average molecular weight is 399 g/mol. The molecule has 0 aromatic heterocycles. The summed E-state index contributed by atoms with van der Waals surface area (Å²) in [5.41, 5.74) is 1.55. The van der Waals surface area contributed by atoms with E-state index in [0.717, 1.165) is 47.7 Å². The molecule has 1 fully saturated rings. The van der Waals surface area contributed by atoms with Gasteiger partial charge in [-0.15, -0.1) is 11.8 Å². The average Bonchev–Trinajstić information content (AvgIpc) is 3.54. The highest BCUT2D eigenvalue weighted by molar-refractivity contribution is 8.00. The standard InChI is InChI=1S/C22H26N2O3S/c1-2-3-14-27-19-10-6-17(7-11-19)23-21(25)15-28-20-12-8-18(9-13-20)24-22(26)16-4-5-16/h6-13,16H,2-5,14-15H2,1H3,(H,23,25)(H,24,26). The van der Waals surface area contributed by atoms with Crippen molar-refractivity contribution in [3.8, 4) is 5.75 Å². The summed E-state index contributed by atoms with van der Waals surface area (Å²) in [6.07, 6.45) is 4.11. The van der Waals surface area contributed by atoms with Crippen molar-refractivity contribution in [1.29, 1.82) is 0 Å². The second kappa shape index (κ2) is 10.2. The van der Waals surface area contributed by atoms with Crippen LogP contribution in [0.5, 0.6) is 5.75 Å². The summed E-state index contributed by atoms with van der Waals surface area (Å²) < 4.78 is 5.62. The minimum atomic E-state index is -0.0595. The van der Waals surface area contributed by atoms with Crippen LogP contribution >= 0.6 is 11.8 Å². The Hall–Kier alpha value is -2.47. The number of nitrogens with one attached hydrogen (secondary N) is 2. The largest absolute Gasteiger partial charge is 0.494 e. The number of rotatable bonds is 10. The van der Waals surface area contributed by atoms with E-state index in [1.165, 1.54) is 11.8 Å². The summed E-state index contributed by atoms with van der Waals surface area (Å²) in [5.74, 6) is 1.37. The molecule has 1 saturated carbocycles. The van der Waals surface area contributed by atoms with E-state index in [-0.39, 0.29) is 17.7 Å². The lowest BCUT2D eigenvalue weighted by atomic mass is 10.3. The molecule has 0 atom stereocenters. The van der Waals surface area contributed by atoms with Crippen LogP contribution in [0.1, 0.15) is 32.6 Å². The zero-order valence-corrected chi connectivity index (χ0v) is 16.9. The summed E-state index contributed by atoms with van der Waals surface area (Å²) in [6.45, 7) is 2.84. The van der Waals surface area contributed by atoms with E-state index in [4.69, 9.17) is 4.74 Å². The van der Waals surface area contributed by atoms with Crippen molar-refractivity contribution in [2.45, 2.75) is 37.5 Å². The third-order valence-corrected chi connectivity index (χ3v) is 5.36. The van der Waals surface area contributed by atoms with Crippen molar-refractivity contribution in [3.63, 3.8) is 0 Å². The Bertz CT molecular complexity index is 786. The number of carbonyl (C=O) groups excluding carboxylic acids is 2. The van der Waals surface area contributed by atoms with Crippen LogP contribution in [0.4, 0.5) is 11.4 Å². The summed E-state index contributed by atoms with van der Waals surface area (Å²) >= 11 is 1.46. The molecule has 3 rings (SSSR count). The van der Waals surface area contributed by atoms with Gasteiger partial charge in [0, 0.05) is 22.2 Å². The van der Waals surface area contributed by atoms with Crippen molar-refractivity contribution >= 4 is 35.0 Å². The molecular formula is C22H26N2O3S. The van der Waals surface area contributed by atoms with E-state index in [1.54, 1.807) is 0 Å². The number of thioether (sulfide) groups is 1. The molecule has 0 aliphatic heterocycles. The maximum atomic E-state index is 12.2. The molecule has 2 N–H and O–H groups in total. The molecule has 0 spiro atoms. The van der Waals surface area contributed by atoms with Gasteiger partial charge in [-0.05, 0) is 67.8 Å². The Labute approximate surface area is 170 Å². The summed E-state index contributed by atoms with van der Waals surface area (Å²) in [6, 6.07) is 15.0. The maximum absolute atomic E-state index is 12.2. The highest BCUT2D eigenvalue weighted by atomic mass is 32.2. The molecule has 0 bridgehead atoms. The number of anilines is 2. The first kappa shape index (κ1) is 20.3. The van der Waals surface area contributed by atoms with Crippen LogP contribution in [-0.4, -0.2) is 24.2 Å². The molecule has 28 heavy (non-hydrogen) atoms. The predicted molar refractivity (Wildman–Crippen MR) is 114 cm³/mol. The van der Waals surface area contributed by atoms with Crippen molar-refractivity contribution in [2.24, 2.45) is 5.92 Å². The van der Waals surface area contributed by atoms with Crippen LogP contribution in [0.3, 0.4) is 0 Å². The van der Waals surface area contributed by atoms with E-state index >= 15 is 0 Å². The number of ether oxygens (including phenoxy) is 1. The molecule has 2 aromatic carbocycles. The molecular weight excluding hydrogens is 372 g/mol. The lowest BCUT2D eigenvalue weighted by Crippen LogP contribution is -2.14. The Morgan fingerprint density at radius 3 is 2.29 bits per heavy atom. The minimum absolute atomic E-state index is 0.0595. The lowest BCUT2D eigenvalue weighted by molar-refractivity contribution is -0.117. The molecule has 0 unspecified atom stereocenters. The van der Waals surface area contributed by atoms with Gasteiger partial charge in [-0.25, -0.2) is 0 Å². The van der Waals surface area contributed by atoms with Gasteiger partial charge in [0.05, 0.1) is 12.4 Å². The number of benzene rings is 2. The van der Waals surface area contributed by atoms with E-state index in [0.29, 0.717) is 12.4 Å². The van der Waals surface area contributed by atoms with Gasteiger partial charge in [0.25, 0.3) is 0 Å². The molecule has 148 valence electrons. The number of hydrogen-bond donors (Lipinski definition) is 2. The monoisotopic (exact) mass is 398 g/mol. The molecule has 6 heteroatoms.